The van der Waals surface area contributed by atoms with Gasteiger partial charge in [0.05, 0.1) is 18.9 Å². The summed E-state index contributed by atoms with van der Waals surface area (Å²) in [5.41, 5.74) is 1.87. The Bertz CT molecular complexity index is 665. The molecule has 1 aromatic carbocycles. The van der Waals surface area contributed by atoms with Crippen molar-refractivity contribution in [1.82, 2.24) is 14.7 Å². The van der Waals surface area contributed by atoms with Crippen LogP contribution in [0.4, 0.5) is 0 Å². The molecule has 0 N–H and O–H groups in total. The Balaban J connectivity index is 1.74. The second kappa shape index (κ2) is 6.22. The van der Waals surface area contributed by atoms with Gasteiger partial charge in [-0.15, -0.1) is 0 Å². The molecule has 1 unspecified atom stereocenters. The third-order valence-corrected chi connectivity index (χ3v) is 4.20. The molecule has 0 radical (unpaired) electrons. The van der Waals surface area contributed by atoms with E-state index in [1.54, 1.807) is 24.2 Å². The summed E-state index contributed by atoms with van der Waals surface area (Å²) in [5.74, 6) is 0.944. The van der Waals surface area contributed by atoms with Gasteiger partial charge < -0.3 is 9.64 Å². The van der Waals surface area contributed by atoms with E-state index >= 15 is 0 Å². The predicted molar refractivity (Wildman–Crippen MR) is 84.0 cm³/mol. The number of nitrogens with zero attached hydrogens (tertiary/aromatic N) is 3. The molecule has 116 valence electrons. The molecule has 5 heteroatoms. The number of carbonyl (C=O) groups excluding carboxylic acids is 1. The molecule has 0 saturated carbocycles. The first-order valence-electron chi connectivity index (χ1n) is 7.60. The summed E-state index contributed by atoms with van der Waals surface area (Å²) >= 11 is 0. The van der Waals surface area contributed by atoms with Gasteiger partial charge in [-0.2, -0.15) is 5.10 Å². The molecule has 1 aliphatic heterocycles. The largest absolute Gasteiger partial charge is 0.497 e. The highest BCUT2D eigenvalue weighted by Crippen LogP contribution is 2.24. The van der Waals surface area contributed by atoms with E-state index in [-0.39, 0.29) is 11.9 Å². The molecule has 0 bridgehead atoms. The van der Waals surface area contributed by atoms with Gasteiger partial charge in [-0.25, -0.2) is 0 Å². The van der Waals surface area contributed by atoms with Crippen molar-refractivity contribution in [3.8, 4) is 5.75 Å². The van der Waals surface area contributed by atoms with Crippen LogP contribution in [0, 0.1) is 0 Å². The summed E-state index contributed by atoms with van der Waals surface area (Å²) < 4.78 is 6.94. The van der Waals surface area contributed by atoms with Crippen molar-refractivity contribution in [3.05, 3.63) is 47.8 Å². The number of carbonyl (C=O) groups is 1. The van der Waals surface area contributed by atoms with E-state index < -0.39 is 0 Å². The maximum atomic E-state index is 12.6. The molecule has 22 heavy (non-hydrogen) atoms. The van der Waals surface area contributed by atoms with E-state index in [4.69, 9.17) is 4.74 Å². The second-order valence-electron chi connectivity index (χ2n) is 5.75. The fourth-order valence-corrected chi connectivity index (χ4v) is 3.08. The second-order valence-corrected chi connectivity index (χ2v) is 5.75. The molecule has 0 aliphatic carbocycles. The first-order valence-corrected chi connectivity index (χ1v) is 7.60. The van der Waals surface area contributed by atoms with E-state index in [1.165, 1.54) is 5.56 Å². The summed E-state index contributed by atoms with van der Waals surface area (Å²) in [5, 5.41) is 4.09. The van der Waals surface area contributed by atoms with E-state index in [0.29, 0.717) is 5.56 Å². The van der Waals surface area contributed by atoms with Crippen molar-refractivity contribution in [2.45, 2.75) is 25.3 Å². The lowest BCUT2D eigenvalue weighted by Crippen LogP contribution is -2.36. The molecule has 5 nitrogen and oxygen atoms in total. The number of aromatic nitrogens is 2. The molecular weight excluding hydrogens is 278 g/mol. The molecule has 2 heterocycles. The van der Waals surface area contributed by atoms with Gasteiger partial charge in [0.1, 0.15) is 5.75 Å². The van der Waals surface area contributed by atoms with Crippen molar-refractivity contribution in [2.24, 2.45) is 7.05 Å². The van der Waals surface area contributed by atoms with Crippen LogP contribution < -0.4 is 4.74 Å². The molecule has 1 aliphatic rings. The van der Waals surface area contributed by atoms with E-state index in [2.05, 4.69) is 11.2 Å². The first-order chi connectivity index (χ1) is 10.7. The Morgan fingerprint density at radius 1 is 1.45 bits per heavy atom. The van der Waals surface area contributed by atoms with Gasteiger partial charge in [-0.1, -0.05) is 12.1 Å². The summed E-state index contributed by atoms with van der Waals surface area (Å²) in [4.78, 5) is 14.6. The van der Waals surface area contributed by atoms with Crippen LogP contribution in [0.1, 0.15) is 28.8 Å². The number of methoxy groups -OCH3 is 1. The Labute approximate surface area is 130 Å². The summed E-state index contributed by atoms with van der Waals surface area (Å²) in [6.45, 7) is 0.822. The molecular formula is C17H21N3O2. The zero-order valence-electron chi connectivity index (χ0n) is 13.0. The molecule has 1 amide bonds. The highest BCUT2D eigenvalue weighted by atomic mass is 16.5. The highest BCUT2D eigenvalue weighted by molar-refractivity contribution is 5.94. The quantitative estimate of drug-likeness (QED) is 0.870. The van der Waals surface area contributed by atoms with Gasteiger partial charge in [-0.05, 0) is 37.0 Å². The van der Waals surface area contributed by atoms with E-state index in [0.717, 1.165) is 31.6 Å². The Morgan fingerprint density at radius 3 is 3.05 bits per heavy atom. The number of amides is 1. The molecule has 0 spiro atoms. The number of aryl methyl sites for hydroxylation is 1. The van der Waals surface area contributed by atoms with Gasteiger partial charge in [0.25, 0.3) is 5.91 Å². The summed E-state index contributed by atoms with van der Waals surface area (Å²) in [7, 11) is 3.50. The number of likely N-dealkylation sites (tertiary alicyclic amines) is 1. The van der Waals surface area contributed by atoms with Crippen LogP contribution in [0.25, 0.3) is 0 Å². The van der Waals surface area contributed by atoms with Crippen molar-refractivity contribution in [2.75, 3.05) is 13.7 Å². The third-order valence-electron chi connectivity index (χ3n) is 4.20. The Hall–Kier alpha value is -2.30. The number of ether oxygens (including phenoxy) is 1. The van der Waals surface area contributed by atoms with E-state index in [9.17, 15) is 4.79 Å². The van der Waals surface area contributed by atoms with Gasteiger partial charge in [0.2, 0.25) is 0 Å². The molecule has 2 aromatic rings. The minimum Gasteiger partial charge on any atom is -0.497 e. The summed E-state index contributed by atoms with van der Waals surface area (Å²) in [6, 6.07) is 8.32. The predicted octanol–water partition coefficient (Wildman–Crippen LogP) is 2.28. The lowest BCUT2D eigenvalue weighted by atomic mass is 10.0. The number of benzene rings is 1. The van der Waals surface area contributed by atoms with Gasteiger partial charge in [0, 0.05) is 25.8 Å². The van der Waals surface area contributed by atoms with Crippen molar-refractivity contribution >= 4 is 5.91 Å². The molecule has 1 saturated heterocycles. The highest BCUT2D eigenvalue weighted by Gasteiger charge is 2.30. The fraction of sp³-hybridized carbons (Fsp3) is 0.412. The van der Waals surface area contributed by atoms with Crippen LogP contribution >= 0.6 is 0 Å². The Kier molecular flexibility index (Phi) is 4.13. The summed E-state index contributed by atoms with van der Waals surface area (Å²) in [6.07, 6.45) is 6.39. The topological polar surface area (TPSA) is 47.4 Å². The number of rotatable bonds is 4. The van der Waals surface area contributed by atoms with Crippen LogP contribution in [0.5, 0.6) is 5.75 Å². The fourth-order valence-electron chi connectivity index (χ4n) is 3.08. The maximum absolute atomic E-state index is 12.6. The van der Waals surface area contributed by atoms with Gasteiger partial charge in [-0.3, -0.25) is 9.48 Å². The number of hydrogen-bond acceptors (Lipinski definition) is 3. The van der Waals surface area contributed by atoms with Crippen LogP contribution in [-0.2, 0) is 13.5 Å². The zero-order valence-corrected chi connectivity index (χ0v) is 13.0. The lowest BCUT2D eigenvalue weighted by molar-refractivity contribution is 0.0736. The average molecular weight is 299 g/mol. The third kappa shape index (κ3) is 2.98. The van der Waals surface area contributed by atoms with Crippen LogP contribution in [-0.4, -0.2) is 40.3 Å². The average Bonchev–Trinajstić information content (AvgIpc) is 3.16. The molecule has 1 aromatic heterocycles. The van der Waals surface area contributed by atoms with Crippen LogP contribution in [0.2, 0.25) is 0 Å². The van der Waals surface area contributed by atoms with Crippen molar-refractivity contribution < 1.29 is 9.53 Å². The van der Waals surface area contributed by atoms with E-state index in [1.807, 2.05) is 30.1 Å². The minimum atomic E-state index is 0.0819. The SMILES string of the molecule is COc1cccc(CC2CCCN2C(=O)c2cnn(C)c2)c1. The smallest absolute Gasteiger partial charge is 0.257 e. The Morgan fingerprint density at radius 2 is 2.32 bits per heavy atom. The van der Waals surface area contributed by atoms with Gasteiger partial charge in [0.15, 0.2) is 0 Å². The van der Waals surface area contributed by atoms with Crippen molar-refractivity contribution in [3.63, 3.8) is 0 Å². The standard InChI is InChI=1S/C17H21N3O2/c1-19-12-14(11-18-19)17(21)20-8-4-6-15(20)9-13-5-3-7-16(10-13)22-2/h3,5,7,10-12,15H,4,6,8-9H2,1-2H3. The van der Waals surface area contributed by atoms with Crippen LogP contribution in [0.15, 0.2) is 36.7 Å². The van der Waals surface area contributed by atoms with Crippen LogP contribution in [0.3, 0.4) is 0 Å². The minimum absolute atomic E-state index is 0.0819. The molecule has 1 fully saturated rings. The molecule has 1 atom stereocenters. The normalized spacial score (nSPS) is 17.7. The first kappa shape index (κ1) is 14.6. The van der Waals surface area contributed by atoms with Crippen molar-refractivity contribution in [1.29, 1.82) is 0 Å². The zero-order chi connectivity index (χ0) is 15.5. The maximum Gasteiger partial charge on any atom is 0.257 e. The van der Waals surface area contributed by atoms with Gasteiger partial charge >= 0.3 is 0 Å². The molecule has 3 rings (SSSR count). The number of hydrogen-bond donors (Lipinski definition) is 0. The monoisotopic (exact) mass is 299 g/mol. The lowest BCUT2D eigenvalue weighted by Gasteiger charge is -2.24.